The molecule has 1 saturated heterocycles. The fraction of sp³-hybridized carbons (Fsp3) is 0.750. The minimum atomic E-state index is -2.21. The molecule has 0 spiro atoms. The van der Waals surface area contributed by atoms with Crippen molar-refractivity contribution >= 4 is 8.07 Å². The maximum atomic E-state index is 12.5. The zero-order valence-corrected chi connectivity index (χ0v) is 15.8. The summed E-state index contributed by atoms with van der Waals surface area (Å²) in [4.78, 5) is 26.6. The number of ether oxygens (including phenoxy) is 1. The topological polar surface area (TPSA) is 105 Å². The molecule has 3 N–H and O–H groups in total. The molecular weight excluding hydrogens is 328 g/mol. The Morgan fingerprint density at radius 2 is 2.12 bits per heavy atom. The fourth-order valence-electron chi connectivity index (χ4n) is 3.52. The summed E-state index contributed by atoms with van der Waals surface area (Å²) in [5.41, 5.74) is -0.537. The number of hydrogen-bond acceptors (Lipinski definition) is 5. The van der Waals surface area contributed by atoms with Crippen LogP contribution in [-0.4, -0.2) is 46.7 Å². The van der Waals surface area contributed by atoms with Gasteiger partial charge in [0.2, 0.25) is 0 Å². The van der Waals surface area contributed by atoms with E-state index >= 15 is 0 Å². The van der Waals surface area contributed by atoms with Gasteiger partial charge in [-0.15, -0.1) is 0 Å². The van der Waals surface area contributed by atoms with Gasteiger partial charge in [-0.1, -0.05) is 38.9 Å². The first-order valence-corrected chi connectivity index (χ1v) is 11.7. The lowest BCUT2D eigenvalue weighted by Gasteiger charge is -2.43. The average Bonchev–Trinajstić information content (AvgIpc) is 2.87. The smallest absolute Gasteiger partial charge is 0.330 e. The number of aromatic nitrogens is 2. The molecule has 1 aromatic heterocycles. The molecule has 1 aliphatic rings. The van der Waals surface area contributed by atoms with Crippen LogP contribution in [0.4, 0.5) is 0 Å². The van der Waals surface area contributed by atoms with E-state index in [1.165, 1.54) is 10.8 Å². The van der Waals surface area contributed by atoms with Crippen LogP contribution in [0.5, 0.6) is 0 Å². The van der Waals surface area contributed by atoms with E-state index < -0.39 is 36.9 Å². The Balaban J connectivity index is 2.63. The van der Waals surface area contributed by atoms with E-state index in [1.54, 1.807) is 6.92 Å². The quantitative estimate of drug-likeness (QED) is 0.651. The maximum Gasteiger partial charge on any atom is 0.330 e. The Morgan fingerprint density at radius 1 is 1.46 bits per heavy atom. The van der Waals surface area contributed by atoms with E-state index in [2.05, 4.69) is 25.0 Å². The molecule has 0 amide bonds. The summed E-state index contributed by atoms with van der Waals surface area (Å²) in [6.07, 6.45) is 2.22. The molecule has 1 aromatic rings. The molecule has 0 unspecified atom stereocenters. The van der Waals surface area contributed by atoms with Crippen LogP contribution in [0.15, 0.2) is 15.8 Å². The number of H-pyrrole nitrogens is 1. The van der Waals surface area contributed by atoms with Crippen LogP contribution in [0.2, 0.25) is 19.1 Å². The van der Waals surface area contributed by atoms with Crippen LogP contribution in [-0.2, 0) is 10.1 Å². The van der Waals surface area contributed by atoms with Crippen molar-refractivity contribution in [1.29, 1.82) is 0 Å². The first kappa shape index (κ1) is 19.1. The van der Waals surface area contributed by atoms with Crippen molar-refractivity contribution in [3.8, 4) is 0 Å². The summed E-state index contributed by atoms with van der Waals surface area (Å²) in [5, 5.41) is 18.9. The second kappa shape index (κ2) is 6.95. The second-order valence-corrected chi connectivity index (χ2v) is 12.4. The highest BCUT2D eigenvalue weighted by molar-refractivity contribution is 6.79. The van der Waals surface area contributed by atoms with Crippen molar-refractivity contribution in [3.05, 3.63) is 32.6 Å². The Hall–Kier alpha value is -1.22. The highest BCUT2D eigenvalue weighted by Gasteiger charge is 2.57. The molecule has 3 atom stereocenters. The van der Waals surface area contributed by atoms with Crippen LogP contribution in [0.1, 0.15) is 31.7 Å². The lowest BCUT2D eigenvalue weighted by molar-refractivity contribution is -0.0764. The Morgan fingerprint density at radius 3 is 2.67 bits per heavy atom. The summed E-state index contributed by atoms with van der Waals surface area (Å²) in [5.74, 6) is 0. The first-order chi connectivity index (χ1) is 11.2. The largest absolute Gasteiger partial charge is 0.394 e. The molecule has 1 fully saturated rings. The summed E-state index contributed by atoms with van der Waals surface area (Å²) in [6, 6.07) is 0.916. The van der Waals surface area contributed by atoms with Gasteiger partial charge in [-0.25, -0.2) is 4.79 Å². The van der Waals surface area contributed by atoms with Gasteiger partial charge in [0.15, 0.2) is 0 Å². The standard InChI is InChI=1S/C16H28N2O5Si/c1-5-6-7-24(3,4)16(8-12(20)13(10-19)23-16)18-9-11(2)14(21)17-15(18)22/h9,12-13,19-20H,5-8,10H2,1-4H3,(H,17,21,22)/t12-,13+,16-/m0/s1. The number of hydrogen-bond donors (Lipinski definition) is 3. The van der Waals surface area contributed by atoms with Gasteiger partial charge in [-0.2, -0.15) is 0 Å². The molecule has 0 aliphatic carbocycles. The van der Waals surface area contributed by atoms with E-state index in [0.29, 0.717) is 5.56 Å². The van der Waals surface area contributed by atoms with Gasteiger partial charge in [0, 0.05) is 18.2 Å². The summed E-state index contributed by atoms with van der Waals surface area (Å²) >= 11 is 0. The Labute approximate surface area is 142 Å². The van der Waals surface area contributed by atoms with Gasteiger partial charge in [0.1, 0.15) is 19.5 Å². The van der Waals surface area contributed by atoms with E-state index in [9.17, 15) is 19.8 Å². The van der Waals surface area contributed by atoms with Crippen LogP contribution in [0.25, 0.3) is 0 Å². The van der Waals surface area contributed by atoms with Gasteiger partial charge >= 0.3 is 5.69 Å². The number of nitrogens with zero attached hydrogens (tertiary/aromatic N) is 1. The van der Waals surface area contributed by atoms with E-state index in [1.807, 2.05) is 0 Å². The van der Waals surface area contributed by atoms with Crippen molar-refractivity contribution < 1.29 is 14.9 Å². The minimum Gasteiger partial charge on any atom is -0.394 e. The summed E-state index contributed by atoms with van der Waals surface area (Å²) in [6.45, 7) is 7.69. The first-order valence-electron chi connectivity index (χ1n) is 8.48. The van der Waals surface area contributed by atoms with Gasteiger partial charge in [0.25, 0.3) is 5.56 Å². The lowest BCUT2D eigenvalue weighted by atomic mass is 10.2. The third kappa shape index (κ3) is 3.15. The molecule has 0 bridgehead atoms. The highest BCUT2D eigenvalue weighted by Crippen LogP contribution is 2.44. The predicted molar refractivity (Wildman–Crippen MR) is 93.8 cm³/mol. The molecule has 0 saturated carbocycles. The van der Waals surface area contributed by atoms with E-state index in [-0.39, 0.29) is 13.0 Å². The fourth-order valence-corrected chi connectivity index (χ4v) is 7.20. The van der Waals surface area contributed by atoms with Crippen LogP contribution in [0, 0.1) is 6.92 Å². The number of nitrogens with one attached hydrogen (secondary N) is 1. The molecule has 2 heterocycles. The molecule has 0 radical (unpaired) electrons. The van der Waals surface area contributed by atoms with Crippen molar-refractivity contribution in [2.45, 2.75) is 69.8 Å². The van der Waals surface area contributed by atoms with Gasteiger partial charge in [0.05, 0.1) is 12.7 Å². The molecule has 1 aliphatic heterocycles. The SMILES string of the molecule is CCCC[Si](C)(C)[C@]1(n2cc(C)c(=O)[nH]c2=O)C[C@H](O)[C@@H](CO)O1. The highest BCUT2D eigenvalue weighted by atomic mass is 28.3. The molecule has 136 valence electrons. The predicted octanol–water partition coefficient (Wildman–Crippen LogP) is 0.688. The third-order valence-corrected chi connectivity index (χ3v) is 9.44. The molecule has 0 aromatic carbocycles. The van der Waals surface area contributed by atoms with Gasteiger partial charge in [-0.3, -0.25) is 14.3 Å². The Bertz CT molecular complexity index is 698. The molecule has 8 heteroatoms. The summed E-state index contributed by atoms with van der Waals surface area (Å²) in [7, 11) is -2.21. The van der Waals surface area contributed by atoms with E-state index in [4.69, 9.17) is 4.74 Å². The number of rotatable bonds is 6. The zero-order valence-electron chi connectivity index (χ0n) is 14.8. The Kier molecular flexibility index (Phi) is 5.53. The van der Waals surface area contributed by atoms with Crippen molar-refractivity contribution in [1.82, 2.24) is 9.55 Å². The molecular formula is C16H28N2O5Si. The maximum absolute atomic E-state index is 12.5. The number of aromatic amines is 1. The molecule has 2 rings (SSSR count). The number of aliphatic hydroxyl groups is 2. The van der Waals surface area contributed by atoms with Crippen LogP contribution < -0.4 is 11.2 Å². The average molecular weight is 356 g/mol. The minimum absolute atomic E-state index is 0.243. The summed E-state index contributed by atoms with van der Waals surface area (Å²) < 4.78 is 7.59. The number of aliphatic hydroxyl groups excluding tert-OH is 2. The monoisotopic (exact) mass is 356 g/mol. The van der Waals surface area contributed by atoms with Crippen molar-refractivity contribution in [2.75, 3.05) is 6.61 Å². The second-order valence-electron chi connectivity index (χ2n) is 7.32. The number of aryl methyl sites for hydroxylation is 1. The normalized spacial score (nSPS) is 27.6. The van der Waals surface area contributed by atoms with Crippen molar-refractivity contribution in [3.63, 3.8) is 0 Å². The zero-order chi connectivity index (χ0) is 18.1. The lowest BCUT2D eigenvalue weighted by Crippen LogP contribution is -2.60. The van der Waals surface area contributed by atoms with E-state index in [0.717, 1.165) is 18.9 Å². The third-order valence-electron chi connectivity index (χ3n) is 5.16. The van der Waals surface area contributed by atoms with Crippen LogP contribution in [0.3, 0.4) is 0 Å². The van der Waals surface area contributed by atoms with Gasteiger partial charge in [-0.05, 0) is 6.92 Å². The molecule has 24 heavy (non-hydrogen) atoms. The number of unbranched alkanes of at least 4 members (excludes halogenated alkanes) is 1. The molecule has 7 nitrogen and oxygen atoms in total. The van der Waals surface area contributed by atoms with Crippen LogP contribution >= 0.6 is 0 Å². The van der Waals surface area contributed by atoms with Crippen molar-refractivity contribution in [2.24, 2.45) is 0 Å². The van der Waals surface area contributed by atoms with Gasteiger partial charge < -0.3 is 14.9 Å².